The molecule has 15 heavy (non-hydrogen) atoms. The minimum absolute atomic E-state index is 0.726. The number of unbranched alkanes of at least 4 members (excludes halogenated alkanes) is 2. The maximum Gasteiger partial charge on any atom is 0.118 e. The fourth-order valence-corrected chi connectivity index (χ4v) is 1.34. The molecule has 0 atom stereocenters. The molecule has 0 N–H and O–H groups in total. The third-order valence-electron chi connectivity index (χ3n) is 2.01. The van der Waals surface area contributed by atoms with E-state index < -0.39 is 0 Å². The molecule has 0 aliphatic rings. The lowest BCUT2D eigenvalue weighted by Crippen LogP contribution is -1.82. The molecular formula is C13H15ClO. The van der Waals surface area contributed by atoms with Gasteiger partial charge in [-0.15, -0.1) is 11.6 Å². The highest BCUT2D eigenvalue weighted by molar-refractivity contribution is 6.17. The zero-order valence-electron chi connectivity index (χ0n) is 8.92. The molecule has 0 aromatic heterocycles. The van der Waals surface area contributed by atoms with Crippen LogP contribution >= 0.6 is 11.6 Å². The van der Waals surface area contributed by atoms with Gasteiger partial charge in [-0.1, -0.05) is 11.8 Å². The highest BCUT2D eigenvalue weighted by atomic mass is 35.5. The minimum atomic E-state index is 0.726. The van der Waals surface area contributed by atoms with Gasteiger partial charge in [0, 0.05) is 17.9 Å². The summed E-state index contributed by atoms with van der Waals surface area (Å²) in [7, 11) is 1.66. The second-order valence-corrected chi connectivity index (χ2v) is 3.55. The maximum atomic E-state index is 5.57. The minimum Gasteiger partial charge on any atom is -0.497 e. The molecule has 1 nitrogen and oxygen atoms in total. The Morgan fingerprint density at radius 1 is 1.20 bits per heavy atom. The van der Waals surface area contributed by atoms with Gasteiger partial charge >= 0.3 is 0 Å². The van der Waals surface area contributed by atoms with E-state index in [1.165, 1.54) is 0 Å². The predicted molar refractivity (Wildman–Crippen MR) is 64.4 cm³/mol. The molecule has 0 saturated carbocycles. The summed E-state index contributed by atoms with van der Waals surface area (Å²) >= 11 is 5.57. The molecular weight excluding hydrogens is 208 g/mol. The number of methoxy groups -OCH3 is 1. The first-order valence-corrected chi connectivity index (χ1v) is 5.59. The van der Waals surface area contributed by atoms with Crippen molar-refractivity contribution in [3.05, 3.63) is 29.8 Å². The Balaban J connectivity index is 2.42. The number of ether oxygens (including phenoxy) is 1. The summed E-state index contributed by atoms with van der Waals surface area (Å²) in [5.74, 6) is 7.82. The van der Waals surface area contributed by atoms with Crippen LogP contribution in [0.15, 0.2) is 24.3 Å². The van der Waals surface area contributed by atoms with Crippen molar-refractivity contribution < 1.29 is 4.74 Å². The molecule has 0 radical (unpaired) electrons. The van der Waals surface area contributed by atoms with Crippen molar-refractivity contribution >= 4 is 11.6 Å². The summed E-state index contributed by atoms with van der Waals surface area (Å²) in [6.45, 7) is 0. The number of rotatable bonds is 4. The molecule has 1 aromatic carbocycles. The van der Waals surface area contributed by atoms with Crippen molar-refractivity contribution in [3.63, 3.8) is 0 Å². The highest BCUT2D eigenvalue weighted by Crippen LogP contribution is 2.10. The summed E-state index contributed by atoms with van der Waals surface area (Å²) in [4.78, 5) is 0. The van der Waals surface area contributed by atoms with Gasteiger partial charge in [0.1, 0.15) is 5.75 Å². The van der Waals surface area contributed by atoms with Gasteiger partial charge in [-0.25, -0.2) is 0 Å². The first kappa shape index (κ1) is 11.9. The number of hydrogen-bond donors (Lipinski definition) is 0. The molecule has 1 rings (SSSR count). The van der Waals surface area contributed by atoms with Crippen LogP contribution in [0.4, 0.5) is 0 Å². The second kappa shape index (κ2) is 7.20. The van der Waals surface area contributed by atoms with Crippen LogP contribution in [0.3, 0.4) is 0 Å². The first-order valence-electron chi connectivity index (χ1n) is 5.05. The summed E-state index contributed by atoms with van der Waals surface area (Å²) < 4.78 is 5.06. The average Bonchev–Trinajstić information content (AvgIpc) is 2.30. The van der Waals surface area contributed by atoms with E-state index >= 15 is 0 Å². The van der Waals surface area contributed by atoms with Gasteiger partial charge in [0.25, 0.3) is 0 Å². The molecule has 0 unspecified atom stereocenters. The van der Waals surface area contributed by atoms with Crippen LogP contribution in [0.1, 0.15) is 24.8 Å². The number of halogens is 1. The smallest absolute Gasteiger partial charge is 0.118 e. The zero-order chi connectivity index (χ0) is 10.9. The van der Waals surface area contributed by atoms with Gasteiger partial charge in [-0.05, 0) is 37.1 Å². The van der Waals surface area contributed by atoms with E-state index in [4.69, 9.17) is 16.3 Å². The third kappa shape index (κ3) is 4.76. The molecule has 0 saturated heterocycles. The third-order valence-corrected chi connectivity index (χ3v) is 2.28. The zero-order valence-corrected chi connectivity index (χ0v) is 9.68. The van der Waals surface area contributed by atoms with Gasteiger partial charge in [-0.3, -0.25) is 0 Å². The highest BCUT2D eigenvalue weighted by Gasteiger charge is 1.89. The van der Waals surface area contributed by atoms with Gasteiger partial charge in [0.15, 0.2) is 0 Å². The topological polar surface area (TPSA) is 9.23 Å². The Hall–Kier alpha value is -1.13. The van der Waals surface area contributed by atoms with E-state index in [1.807, 2.05) is 24.3 Å². The lowest BCUT2D eigenvalue weighted by atomic mass is 10.2. The molecule has 0 amide bonds. The molecule has 80 valence electrons. The molecule has 0 bridgehead atoms. The predicted octanol–water partition coefficient (Wildman–Crippen LogP) is 3.46. The van der Waals surface area contributed by atoms with Crippen molar-refractivity contribution in [1.29, 1.82) is 0 Å². The van der Waals surface area contributed by atoms with Gasteiger partial charge in [-0.2, -0.15) is 0 Å². The fraction of sp³-hybridized carbons (Fsp3) is 0.385. The van der Waals surface area contributed by atoms with E-state index in [9.17, 15) is 0 Å². The Morgan fingerprint density at radius 2 is 1.93 bits per heavy atom. The largest absolute Gasteiger partial charge is 0.497 e. The van der Waals surface area contributed by atoms with Crippen molar-refractivity contribution in [1.82, 2.24) is 0 Å². The van der Waals surface area contributed by atoms with E-state index in [2.05, 4.69) is 11.8 Å². The first-order chi connectivity index (χ1) is 7.36. The quantitative estimate of drug-likeness (QED) is 0.431. The maximum absolute atomic E-state index is 5.57. The van der Waals surface area contributed by atoms with Crippen LogP contribution in [0.25, 0.3) is 0 Å². The van der Waals surface area contributed by atoms with E-state index in [-0.39, 0.29) is 0 Å². The Bertz CT molecular complexity index is 332. The normalized spacial score (nSPS) is 9.20. The summed E-state index contributed by atoms with van der Waals surface area (Å²) in [5.41, 5.74) is 1.03. The molecule has 0 aliphatic heterocycles. The molecule has 1 aromatic rings. The van der Waals surface area contributed by atoms with Crippen molar-refractivity contribution in [3.8, 4) is 17.6 Å². The van der Waals surface area contributed by atoms with Gasteiger partial charge < -0.3 is 4.74 Å². The lowest BCUT2D eigenvalue weighted by molar-refractivity contribution is 0.415. The Morgan fingerprint density at radius 3 is 2.53 bits per heavy atom. The number of benzene rings is 1. The molecule has 0 fully saturated rings. The van der Waals surface area contributed by atoms with E-state index in [0.29, 0.717) is 0 Å². The molecule has 0 spiro atoms. The summed E-state index contributed by atoms with van der Waals surface area (Å²) in [5, 5.41) is 0. The molecule has 0 heterocycles. The van der Waals surface area contributed by atoms with Crippen LogP contribution in [0.5, 0.6) is 5.75 Å². The summed E-state index contributed by atoms with van der Waals surface area (Å²) in [6.07, 6.45) is 3.03. The van der Waals surface area contributed by atoms with Crippen molar-refractivity contribution in [2.75, 3.05) is 13.0 Å². The van der Waals surface area contributed by atoms with Gasteiger partial charge in [0.2, 0.25) is 0 Å². The van der Waals surface area contributed by atoms with E-state index in [1.54, 1.807) is 7.11 Å². The van der Waals surface area contributed by atoms with Gasteiger partial charge in [0.05, 0.1) is 7.11 Å². The van der Waals surface area contributed by atoms with Crippen LogP contribution < -0.4 is 4.74 Å². The van der Waals surface area contributed by atoms with Crippen molar-refractivity contribution in [2.45, 2.75) is 19.3 Å². The van der Waals surface area contributed by atoms with Crippen LogP contribution in [0, 0.1) is 11.8 Å². The SMILES string of the molecule is COc1ccc(C#CCCCCCl)cc1. The lowest BCUT2D eigenvalue weighted by Gasteiger charge is -1.97. The molecule has 2 heteroatoms. The second-order valence-electron chi connectivity index (χ2n) is 3.18. The molecule has 0 aliphatic carbocycles. The van der Waals surface area contributed by atoms with Crippen molar-refractivity contribution in [2.24, 2.45) is 0 Å². The van der Waals surface area contributed by atoms with E-state index in [0.717, 1.165) is 36.5 Å². The standard InChI is InChI=1S/C13H15ClO/c1-15-13-9-7-12(8-10-13)6-4-2-3-5-11-14/h7-10H,2-3,5,11H2,1H3. The average molecular weight is 223 g/mol. The monoisotopic (exact) mass is 222 g/mol. The summed E-state index contributed by atoms with van der Waals surface area (Å²) in [6, 6.07) is 7.77. The Labute approximate surface area is 96.4 Å². The Kier molecular flexibility index (Phi) is 5.73. The number of hydrogen-bond acceptors (Lipinski definition) is 1. The number of alkyl halides is 1. The van der Waals surface area contributed by atoms with Crippen LogP contribution in [0.2, 0.25) is 0 Å². The van der Waals surface area contributed by atoms with Crippen LogP contribution in [-0.2, 0) is 0 Å². The fourth-order valence-electron chi connectivity index (χ4n) is 1.15. The van der Waals surface area contributed by atoms with Crippen LogP contribution in [-0.4, -0.2) is 13.0 Å².